The average molecular weight is 317 g/mol. The largest absolute Gasteiger partial charge is 0.321 e. The highest BCUT2D eigenvalue weighted by molar-refractivity contribution is 6.35. The molecule has 1 heterocycles. The number of halogens is 1. The van der Waals surface area contributed by atoms with E-state index in [2.05, 4.69) is 11.1 Å². The summed E-state index contributed by atoms with van der Waals surface area (Å²) >= 11 is 6.17. The van der Waals surface area contributed by atoms with Gasteiger partial charge in [-0.1, -0.05) is 17.7 Å². The minimum atomic E-state index is -0.238. The maximum atomic E-state index is 12.8. The second-order valence-corrected chi connectivity index (χ2v) is 6.09. The molecule has 22 heavy (non-hydrogen) atoms. The Morgan fingerprint density at radius 3 is 2.95 bits per heavy atom. The Hall–Kier alpha value is -1.90. The molecule has 1 atom stereocenters. The minimum absolute atomic E-state index is 0.167. The van der Waals surface area contributed by atoms with Crippen molar-refractivity contribution in [2.45, 2.75) is 38.3 Å². The second kappa shape index (κ2) is 6.07. The Morgan fingerprint density at radius 2 is 2.27 bits per heavy atom. The van der Waals surface area contributed by atoms with E-state index < -0.39 is 0 Å². The number of rotatable bonds is 5. The van der Waals surface area contributed by atoms with Crippen LogP contribution in [0.4, 0.5) is 0 Å². The number of hydrogen-bond acceptors (Lipinski definition) is 4. The van der Waals surface area contributed by atoms with E-state index in [0.29, 0.717) is 47.1 Å². The summed E-state index contributed by atoms with van der Waals surface area (Å²) in [6.07, 6.45) is 3.13. The van der Waals surface area contributed by atoms with E-state index in [1.54, 1.807) is 22.8 Å². The van der Waals surface area contributed by atoms with Crippen LogP contribution >= 0.6 is 11.6 Å². The molecule has 0 radical (unpaired) electrons. The molecule has 0 saturated heterocycles. The first-order chi connectivity index (χ1) is 10.6. The number of aromatic nitrogens is 2. The SMILES string of the molecule is N#CCCCn1c(C(N)C2CC2)nc2cccc(Cl)c2c1=O. The first-order valence-electron chi connectivity index (χ1n) is 7.45. The lowest BCUT2D eigenvalue weighted by Gasteiger charge is -2.18. The van der Waals surface area contributed by atoms with Gasteiger partial charge in [0.1, 0.15) is 5.82 Å². The van der Waals surface area contributed by atoms with Crippen LogP contribution in [0.5, 0.6) is 0 Å². The third-order valence-corrected chi connectivity index (χ3v) is 4.38. The van der Waals surface area contributed by atoms with Crippen LogP contribution in [0.2, 0.25) is 5.02 Å². The van der Waals surface area contributed by atoms with Crippen LogP contribution in [0.1, 0.15) is 37.5 Å². The van der Waals surface area contributed by atoms with Gasteiger partial charge in [-0.25, -0.2) is 4.98 Å². The van der Waals surface area contributed by atoms with Crippen LogP contribution in [-0.4, -0.2) is 9.55 Å². The first-order valence-corrected chi connectivity index (χ1v) is 7.82. The van der Waals surface area contributed by atoms with Crippen molar-refractivity contribution in [3.05, 3.63) is 39.4 Å². The van der Waals surface area contributed by atoms with E-state index in [0.717, 1.165) is 12.8 Å². The zero-order valence-electron chi connectivity index (χ0n) is 12.1. The van der Waals surface area contributed by atoms with Gasteiger partial charge in [0.05, 0.1) is 28.0 Å². The van der Waals surface area contributed by atoms with Crippen molar-refractivity contribution in [1.82, 2.24) is 9.55 Å². The molecule has 0 amide bonds. The molecule has 1 fully saturated rings. The van der Waals surface area contributed by atoms with Crippen molar-refractivity contribution < 1.29 is 0 Å². The fraction of sp³-hybridized carbons (Fsp3) is 0.438. The number of nitrogens with two attached hydrogens (primary N) is 1. The highest BCUT2D eigenvalue weighted by Gasteiger charge is 2.32. The zero-order chi connectivity index (χ0) is 15.7. The maximum Gasteiger partial charge on any atom is 0.262 e. The molecule has 1 aliphatic rings. The monoisotopic (exact) mass is 316 g/mol. The van der Waals surface area contributed by atoms with Gasteiger partial charge in [0.15, 0.2) is 0 Å². The summed E-state index contributed by atoms with van der Waals surface area (Å²) in [5.41, 5.74) is 6.70. The summed E-state index contributed by atoms with van der Waals surface area (Å²) in [5, 5.41) is 9.53. The lowest BCUT2D eigenvalue weighted by atomic mass is 10.1. The van der Waals surface area contributed by atoms with Crippen LogP contribution < -0.4 is 11.3 Å². The maximum absolute atomic E-state index is 12.8. The van der Waals surface area contributed by atoms with Crippen molar-refractivity contribution in [1.29, 1.82) is 5.26 Å². The van der Waals surface area contributed by atoms with E-state index in [9.17, 15) is 4.79 Å². The van der Waals surface area contributed by atoms with Gasteiger partial charge in [-0.3, -0.25) is 9.36 Å². The molecule has 1 aliphatic carbocycles. The molecule has 5 nitrogen and oxygen atoms in total. The number of nitrogens with zero attached hydrogens (tertiary/aromatic N) is 3. The minimum Gasteiger partial charge on any atom is -0.321 e. The predicted molar refractivity (Wildman–Crippen MR) is 85.5 cm³/mol. The topological polar surface area (TPSA) is 84.7 Å². The predicted octanol–water partition coefficient (Wildman–Crippen LogP) is 2.76. The molecule has 0 aliphatic heterocycles. The molecular weight excluding hydrogens is 300 g/mol. The normalized spacial score (nSPS) is 15.7. The van der Waals surface area contributed by atoms with Crippen LogP contribution in [0, 0.1) is 17.2 Å². The van der Waals surface area contributed by atoms with Gasteiger partial charge in [-0.2, -0.15) is 5.26 Å². The third kappa shape index (κ3) is 2.72. The van der Waals surface area contributed by atoms with Crippen LogP contribution in [0.25, 0.3) is 10.9 Å². The Morgan fingerprint density at radius 1 is 1.50 bits per heavy atom. The highest BCUT2D eigenvalue weighted by Crippen LogP contribution is 2.39. The fourth-order valence-electron chi connectivity index (χ4n) is 2.69. The van der Waals surface area contributed by atoms with Crippen LogP contribution in [0.3, 0.4) is 0 Å². The fourth-order valence-corrected chi connectivity index (χ4v) is 2.94. The van der Waals surface area contributed by atoms with Crippen molar-refractivity contribution in [3.8, 4) is 6.07 Å². The van der Waals surface area contributed by atoms with Gasteiger partial charge in [0.2, 0.25) is 0 Å². The summed E-state index contributed by atoms with van der Waals surface area (Å²) in [4.78, 5) is 17.4. The van der Waals surface area contributed by atoms with Gasteiger partial charge in [-0.05, 0) is 37.3 Å². The second-order valence-electron chi connectivity index (χ2n) is 5.69. The molecule has 2 N–H and O–H groups in total. The van der Waals surface area contributed by atoms with Gasteiger partial charge in [0, 0.05) is 13.0 Å². The van der Waals surface area contributed by atoms with Gasteiger partial charge in [0.25, 0.3) is 5.56 Å². The zero-order valence-corrected chi connectivity index (χ0v) is 12.9. The standard InChI is InChI=1S/C16H17ClN4O/c17-11-4-3-5-12-13(11)16(22)21(9-2-1-8-18)15(20-12)14(19)10-6-7-10/h3-5,10,14H,1-2,6-7,9,19H2. The molecule has 1 unspecified atom stereocenters. The van der Waals surface area contributed by atoms with E-state index in [4.69, 9.17) is 22.6 Å². The Balaban J connectivity index is 2.16. The molecule has 0 spiro atoms. The number of nitriles is 1. The Bertz CT molecular complexity index is 804. The van der Waals surface area contributed by atoms with Crippen molar-refractivity contribution in [2.75, 3.05) is 0 Å². The molecule has 1 saturated carbocycles. The Labute approximate surface area is 133 Å². The first kappa shape index (κ1) is 15.0. The van der Waals surface area contributed by atoms with Crippen molar-refractivity contribution in [2.24, 2.45) is 11.7 Å². The summed E-state index contributed by atoms with van der Waals surface area (Å²) in [6, 6.07) is 7.11. The lowest BCUT2D eigenvalue weighted by molar-refractivity contribution is 0.511. The van der Waals surface area contributed by atoms with Crippen molar-refractivity contribution in [3.63, 3.8) is 0 Å². The molecule has 1 aromatic heterocycles. The van der Waals surface area contributed by atoms with Gasteiger partial charge < -0.3 is 5.73 Å². The number of hydrogen-bond donors (Lipinski definition) is 1. The van der Waals surface area contributed by atoms with E-state index in [-0.39, 0.29) is 11.6 Å². The molecule has 6 heteroatoms. The molecule has 0 bridgehead atoms. The Kier molecular flexibility index (Phi) is 4.14. The molecular formula is C16H17ClN4O. The van der Waals surface area contributed by atoms with E-state index in [1.165, 1.54) is 0 Å². The molecule has 2 aromatic rings. The number of benzene rings is 1. The molecule has 3 rings (SSSR count). The van der Waals surface area contributed by atoms with E-state index in [1.807, 2.05) is 0 Å². The molecule has 114 valence electrons. The molecule has 1 aromatic carbocycles. The quantitative estimate of drug-likeness (QED) is 0.859. The summed E-state index contributed by atoms with van der Waals surface area (Å²) in [6.45, 7) is 0.441. The van der Waals surface area contributed by atoms with Gasteiger partial charge >= 0.3 is 0 Å². The summed E-state index contributed by atoms with van der Waals surface area (Å²) in [5.74, 6) is 1.01. The smallest absolute Gasteiger partial charge is 0.262 e. The summed E-state index contributed by atoms with van der Waals surface area (Å²) in [7, 11) is 0. The van der Waals surface area contributed by atoms with Crippen molar-refractivity contribution >= 4 is 22.5 Å². The lowest BCUT2D eigenvalue weighted by Crippen LogP contribution is -2.30. The summed E-state index contributed by atoms with van der Waals surface area (Å²) < 4.78 is 1.61. The third-order valence-electron chi connectivity index (χ3n) is 4.06. The van der Waals surface area contributed by atoms with Gasteiger partial charge in [-0.15, -0.1) is 0 Å². The number of fused-ring (bicyclic) bond motifs is 1. The van der Waals surface area contributed by atoms with Crippen LogP contribution in [-0.2, 0) is 6.54 Å². The number of unbranched alkanes of at least 4 members (excludes halogenated alkanes) is 1. The highest BCUT2D eigenvalue weighted by atomic mass is 35.5. The average Bonchev–Trinajstić information content (AvgIpc) is 3.33. The van der Waals surface area contributed by atoms with E-state index >= 15 is 0 Å². The van der Waals surface area contributed by atoms with Crippen LogP contribution in [0.15, 0.2) is 23.0 Å².